The van der Waals surface area contributed by atoms with E-state index in [4.69, 9.17) is 4.74 Å². The Morgan fingerprint density at radius 1 is 1.09 bits per heavy atom. The quantitative estimate of drug-likeness (QED) is 0.391. The third-order valence-electron chi connectivity index (χ3n) is 7.06. The smallest absolute Gasteiger partial charge is 0.229 e. The Morgan fingerprint density at radius 3 is 2.82 bits per heavy atom. The Balaban J connectivity index is 1.22. The number of amides is 1. The molecule has 1 aromatic heterocycles. The van der Waals surface area contributed by atoms with Crippen LogP contribution in [-0.2, 0) is 11.2 Å². The minimum absolute atomic E-state index is 0.0344. The van der Waals surface area contributed by atoms with Crippen molar-refractivity contribution < 1.29 is 14.6 Å². The molecule has 174 valence electrons. The normalized spacial score (nSPS) is 17.8. The topological polar surface area (TPSA) is 61.8 Å². The van der Waals surface area contributed by atoms with Crippen LogP contribution in [-0.4, -0.2) is 57.1 Å². The number of carbonyl (C=O) groups is 1. The van der Waals surface area contributed by atoms with Crippen molar-refractivity contribution in [2.75, 3.05) is 51.0 Å². The number of piperazine rings is 1. The number of carbonyl (C=O) groups excluding carboxylic acids is 1. The summed E-state index contributed by atoms with van der Waals surface area (Å²) in [5.74, 6) is 0.726. The van der Waals surface area contributed by atoms with E-state index in [0.29, 0.717) is 13.0 Å². The number of fused-ring (bicyclic) bond motifs is 2. The first-order valence-corrected chi connectivity index (χ1v) is 12.8. The van der Waals surface area contributed by atoms with Crippen molar-refractivity contribution in [3.05, 3.63) is 53.4 Å². The van der Waals surface area contributed by atoms with E-state index in [-0.39, 0.29) is 12.6 Å². The molecule has 0 bridgehead atoms. The minimum Gasteiger partial charge on any atom is -0.494 e. The summed E-state index contributed by atoms with van der Waals surface area (Å²) in [6.45, 7) is 5.79. The molecule has 5 rings (SSSR count). The number of hydrogen-bond donors (Lipinski definition) is 2. The molecule has 6 nitrogen and oxygen atoms in total. The Hall–Kier alpha value is -2.45. The van der Waals surface area contributed by atoms with Gasteiger partial charge in [-0.15, -0.1) is 11.3 Å². The Labute approximate surface area is 199 Å². The number of quaternary nitrogens is 1. The number of anilines is 1. The highest BCUT2D eigenvalue weighted by Gasteiger charge is 2.33. The maximum Gasteiger partial charge on any atom is 0.229 e. The highest BCUT2D eigenvalue weighted by atomic mass is 32.1. The van der Waals surface area contributed by atoms with Gasteiger partial charge in [0.25, 0.3) is 0 Å². The maximum atomic E-state index is 12.1. The molecule has 0 radical (unpaired) electrons. The number of aliphatic hydroxyl groups is 1. The van der Waals surface area contributed by atoms with Crippen molar-refractivity contribution in [1.29, 1.82) is 0 Å². The van der Waals surface area contributed by atoms with Crippen molar-refractivity contribution in [1.82, 2.24) is 9.80 Å². The van der Waals surface area contributed by atoms with Gasteiger partial charge < -0.3 is 15.2 Å². The summed E-state index contributed by atoms with van der Waals surface area (Å²) in [6.07, 6.45) is 3.23. The average molecular weight is 467 g/mol. The van der Waals surface area contributed by atoms with Gasteiger partial charge in [0.2, 0.25) is 5.91 Å². The zero-order valence-corrected chi connectivity index (χ0v) is 19.8. The number of hydrogen-bond acceptors (Lipinski definition) is 5. The first-order chi connectivity index (χ1) is 16.2. The molecular weight excluding hydrogens is 434 g/mol. The van der Waals surface area contributed by atoms with Crippen molar-refractivity contribution in [2.45, 2.75) is 25.7 Å². The van der Waals surface area contributed by atoms with E-state index in [1.165, 1.54) is 20.7 Å². The van der Waals surface area contributed by atoms with Crippen LogP contribution in [0.15, 0.2) is 47.8 Å². The lowest BCUT2D eigenvalue weighted by Crippen LogP contribution is -2.60. The lowest BCUT2D eigenvalue weighted by molar-refractivity contribution is -0.119. The molecule has 0 aliphatic carbocycles. The molecule has 1 fully saturated rings. The molecular formula is C26H32N3O3S+. The largest absolute Gasteiger partial charge is 0.494 e. The number of nitrogens with zero attached hydrogens (tertiary/aromatic N) is 2. The van der Waals surface area contributed by atoms with Crippen LogP contribution in [0.1, 0.15) is 24.8 Å². The number of unbranched alkanes of at least 4 members (excludes halogenated alkanes) is 1. The van der Waals surface area contributed by atoms with Gasteiger partial charge in [-0.1, -0.05) is 12.1 Å². The van der Waals surface area contributed by atoms with Crippen LogP contribution in [0.5, 0.6) is 5.75 Å². The average Bonchev–Trinajstić information content (AvgIpc) is 3.33. The Morgan fingerprint density at radius 2 is 1.97 bits per heavy atom. The molecule has 2 aliphatic rings. The number of benzene rings is 2. The summed E-state index contributed by atoms with van der Waals surface area (Å²) in [6, 6.07) is 14.9. The number of aliphatic hydroxyl groups excluding tert-OH is 1. The molecule has 7 heteroatoms. The van der Waals surface area contributed by atoms with Crippen LogP contribution in [0.25, 0.3) is 10.1 Å². The van der Waals surface area contributed by atoms with Gasteiger partial charge in [0.15, 0.2) is 0 Å². The lowest BCUT2D eigenvalue weighted by Gasteiger charge is -2.41. The van der Waals surface area contributed by atoms with E-state index in [1.807, 2.05) is 29.5 Å². The summed E-state index contributed by atoms with van der Waals surface area (Å²) < 4.78 is 8.45. The van der Waals surface area contributed by atoms with Crippen LogP contribution < -0.4 is 19.4 Å². The van der Waals surface area contributed by atoms with Gasteiger partial charge in [-0.25, -0.2) is 0 Å². The van der Waals surface area contributed by atoms with Crippen LogP contribution in [0.2, 0.25) is 0 Å². The monoisotopic (exact) mass is 466 g/mol. The van der Waals surface area contributed by atoms with Crippen LogP contribution in [0.3, 0.4) is 0 Å². The van der Waals surface area contributed by atoms with Crippen molar-refractivity contribution in [3.8, 4) is 5.75 Å². The first kappa shape index (κ1) is 22.3. The van der Waals surface area contributed by atoms with Gasteiger partial charge in [-0.05, 0) is 48.1 Å². The minimum atomic E-state index is -0.291. The van der Waals surface area contributed by atoms with Gasteiger partial charge in [0.1, 0.15) is 18.2 Å². The molecule has 0 atom stereocenters. The number of ether oxygens (including phenoxy) is 1. The molecule has 0 unspecified atom stereocenters. The summed E-state index contributed by atoms with van der Waals surface area (Å²) >= 11 is 1.82. The van der Waals surface area contributed by atoms with E-state index in [0.717, 1.165) is 73.5 Å². The van der Waals surface area contributed by atoms with Gasteiger partial charge in [0, 0.05) is 36.7 Å². The van der Waals surface area contributed by atoms with E-state index < -0.39 is 0 Å². The fraction of sp³-hybridized carbons (Fsp3) is 0.423. The predicted octanol–water partition coefficient (Wildman–Crippen LogP) is 3.90. The van der Waals surface area contributed by atoms with E-state index in [2.05, 4.69) is 35.0 Å². The highest BCUT2D eigenvalue weighted by Crippen LogP contribution is 2.36. The van der Waals surface area contributed by atoms with Crippen LogP contribution in [0.4, 0.5) is 11.4 Å². The molecule has 2 aliphatic heterocycles. The third-order valence-corrected chi connectivity index (χ3v) is 7.95. The van der Waals surface area contributed by atoms with Crippen LogP contribution >= 0.6 is 11.3 Å². The zero-order chi connectivity index (χ0) is 22.7. The van der Waals surface area contributed by atoms with Crippen molar-refractivity contribution >= 4 is 38.7 Å². The fourth-order valence-electron chi connectivity index (χ4n) is 5.27. The van der Waals surface area contributed by atoms with Crippen LogP contribution in [0, 0.1) is 0 Å². The molecule has 33 heavy (non-hydrogen) atoms. The van der Waals surface area contributed by atoms with Gasteiger partial charge in [0.05, 0.1) is 37.3 Å². The van der Waals surface area contributed by atoms with Gasteiger partial charge >= 0.3 is 0 Å². The van der Waals surface area contributed by atoms with Crippen molar-refractivity contribution in [3.63, 3.8) is 0 Å². The lowest BCUT2D eigenvalue weighted by atomic mass is 10.0. The Bertz CT molecular complexity index is 1120. The molecule has 0 spiro atoms. The van der Waals surface area contributed by atoms with Crippen molar-refractivity contribution in [2.24, 2.45) is 0 Å². The molecule has 2 aromatic carbocycles. The summed E-state index contributed by atoms with van der Waals surface area (Å²) in [5, 5.41) is 16.7. The Kier molecular flexibility index (Phi) is 6.64. The molecule has 0 saturated carbocycles. The van der Waals surface area contributed by atoms with E-state index >= 15 is 0 Å². The molecule has 1 saturated heterocycles. The summed E-state index contributed by atoms with van der Waals surface area (Å²) in [4.78, 5) is 13.5. The fourth-order valence-corrected chi connectivity index (χ4v) is 6.08. The maximum absolute atomic E-state index is 12.1. The second-order valence-electron chi connectivity index (χ2n) is 8.98. The van der Waals surface area contributed by atoms with Gasteiger partial charge in [-0.2, -0.15) is 0 Å². The number of rotatable bonds is 8. The number of aryl methyl sites for hydroxylation is 1. The summed E-state index contributed by atoms with van der Waals surface area (Å²) in [5.41, 5.74) is 3.32. The van der Waals surface area contributed by atoms with E-state index in [9.17, 15) is 9.90 Å². The second-order valence-corrected chi connectivity index (χ2v) is 9.93. The summed E-state index contributed by atoms with van der Waals surface area (Å²) in [7, 11) is 0. The SMILES string of the molecule is O=C1CCc2ccc(OCCCC[N+]3(c4cccc5sccc45)CCNCC3)cc2N1CO. The standard InChI is InChI=1S/C26H32N3O3S/c30-19-28-23-18-21(8-6-20(23)7-9-26(28)31)32-16-2-1-13-29(14-11-27-12-15-29)24-4-3-5-25-22(24)10-17-33-25/h3-6,8,10,17-18,27,30H,1-2,7,9,11-16,19H2/q+1. The molecule has 1 amide bonds. The van der Waals surface area contributed by atoms with Gasteiger partial charge in [-0.3, -0.25) is 14.2 Å². The predicted molar refractivity (Wildman–Crippen MR) is 135 cm³/mol. The zero-order valence-electron chi connectivity index (χ0n) is 19.0. The van der Waals surface area contributed by atoms with E-state index in [1.54, 1.807) is 0 Å². The number of nitrogens with one attached hydrogen (secondary N) is 1. The third kappa shape index (κ3) is 4.51. The second kappa shape index (κ2) is 9.81. The highest BCUT2D eigenvalue weighted by molar-refractivity contribution is 7.17. The molecule has 3 aromatic rings. The number of thiophene rings is 1. The molecule has 3 heterocycles. The molecule has 2 N–H and O–H groups in total. The first-order valence-electron chi connectivity index (χ1n) is 11.9.